The lowest BCUT2D eigenvalue weighted by molar-refractivity contribution is -0.141. The van der Waals surface area contributed by atoms with Crippen LogP contribution in [0.2, 0.25) is 0 Å². The topological polar surface area (TPSA) is 52.6 Å². The number of likely N-dealkylation sites (tertiary alicyclic amines) is 1. The number of hydrogen-bond acceptors (Lipinski definition) is 3. The van der Waals surface area contributed by atoms with E-state index < -0.39 is 5.60 Å². The molecule has 3 aliphatic rings. The highest BCUT2D eigenvalue weighted by molar-refractivity contribution is 5.82. The summed E-state index contributed by atoms with van der Waals surface area (Å²) in [6, 6.07) is 0.583. The predicted molar refractivity (Wildman–Crippen MR) is 73.8 cm³/mol. The van der Waals surface area contributed by atoms with E-state index in [1.165, 1.54) is 19.3 Å². The summed E-state index contributed by atoms with van der Waals surface area (Å²) in [4.78, 5) is 14.4. The molecule has 1 amide bonds. The van der Waals surface area contributed by atoms with Gasteiger partial charge < -0.3 is 15.3 Å². The fourth-order valence-electron chi connectivity index (χ4n) is 3.51. The fourth-order valence-corrected chi connectivity index (χ4v) is 3.51. The van der Waals surface area contributed by atoms with E-state index >= 15 is 0 Å². The van der Waals surface area contributed by atoms with Gasteiger partial charge in [0.2, 0.25) is 5.91 Å². The quantitative estimate of drug-likeness (QED) is 0.809. The van der Waals surface area contributed by atoms with Crippen molar-refractivity contribution in [2.75, 3.05) is 13.1 Å². The van der Waals surface area contributed by atoms with Gasteiger partial charge >= 0.3 is 0 Å². The van der Waals surface area contributed by atoms with Crippen molar-refractivity contribution >= 4 is 5.91 Å². The maximum Gasteiger partial charge on any atom is 0.239 e. The summed E-state index contributed by atoms with van der Waals surface area (Å²) in [6.45, 7) is 1.37. The second kappa shape index (κ2) is 5.41. The van der Waals surface area contributed by atoms with Gasteiger partial charge in [0.1, 0.15) is 0 Å². The Kier molecular flexibility index (Phi) is 3.81. The second-order valence-corrected chi connectivity index (χ2v) is 6.68. The number of piperidine rings is 1. The number of carbonyl (C=O) groups excluding carboxylic acids is 1. The molecule has 2 aliphatic carbocycles. The van der Waals surface area contributed by atoms with Crippen LogP contribution in [0.4, 0.5) is 0 Å². The minimum atomic E-state index is -0.616. The number of nitrogens with one attached hydrogen (secondary N) is 1. The molecule has 0 spiro atoms. The minimum absolute atomic E-state index is 0.00782. The van der Waals surface area contributed by atoms with Gasteiger partial charge in [-0.3, -0.25) is 4.79 Å². The molecule has 0 aromatic carbocycles. The minimum Gasteiger partial charge on any atom is -0.388 e. The number of aliphatic hydroxyl groups is 1. The van der Waals surface area contributed by atoms with E-state index in [9.17, 15) is 9.90 Å². The van der Waals surface area contributed by atoms with Crippen LogP contribution >= 0.6 is 0 Å². The van der Waals surface area contributed by atoms with Gasteiger partial charge in [-0.05, 0) is 38.5 Å². The maximum absolute atomic E-state index is 12.5. The molecule has 3 rings (SSSR count). The summed E-state index contributed by atoms with van der Waals surface area (Å²) in [7, 11) is 0. The van der Waals surface area contributed by atoms with Crippen molar-refractivity contribution < 1.29 is 9.90 Å². The summed E-state index contributed by atoms with van der Waals surface area (Å²) in [5.41, 5.74) is -0.616. The first-order chi connectivity index (χ1) is 9.16. The van der Waals surface area contributed by atoms with Crippen LogP contribution in [0.15, 0.2) is 0 Å². The third-order valence-electron chi connectivity index (χ3n) is 4.81. The van der Waals surface area contributed by atoms with Crippen LogP contribution in [-0.2, 0) is 4.79 Å². The Morgan fingerprint density at radius 3 is 2.58 bits per heavy atom. The molecule has 1 heterocycles. The first-order valence-corrected chi connectivity index (χ1v) is 7.94. The van der Waals surface area contributed by atoms with E-state index in [1.54, 1.807) is 0 Å². The molecule has 0 radical (unpaired) electrons. The van der Waals surface area contributed by atoms with Crippen LogP contribution < -0.4 is 5.32 Å². The molecule has 1 unspecified atom stereocenters. The Morgan fingerprint density at radius 1 is 1.16 bits per heavy atom. The van der Waals surface area contributed by atoms with Crippen LogP contribution in [0.1, 0.15) is 57.8 Å². The van der Waals surface area contributed by atoms with Gasteiger partial charge in [0.15, 0.2) is 0 Å². The van der Waals surface area contributed by atoms with Crippen LogP contribution in [-0.4, -0.2) is 46.7 Å². The largest absolute Gasteiger partial charge is 0.388 e. The molecule has 2 N–H and O–H groups in total. The standard InChI is InChI=1S/C15H26N2O2/c18-14-13(16-12-6-7-12)5-4-10-17(14)11-15(19)8-2-1-3-9-15/h12-13,16,19H,1-11H2. The second-order valence-electron chi connectivity index (χ2n) is 6.68. The highest BCUT2D eigenvalue weighted by atomic mass is 16.3. The monoisotopic (exact) mass is 266 g/mol. The summed E-state index contributed by atoms with van der Waals surface area (Å²) < 4.78 is 0. The molecule has 19 heavy (non-hydrogen) atoms. The molecule has 2 saturated carbocycles. The van der Waals surface area contributed by atoms with Crippen molar-refractivity contribution in [2.24, 2.45) is 0 Å². The van der Waals surface area contributed by atoms with Crippen molar-refractivity contribution in [3.8, 4) is 0 Å². The molecule has 0 aromatic rings. The first-order valence-electron chi connectivity index (χ1n) is 7.94. The molecule has 4 nitrogen and oxygen atoms in total. The molecule has 1 atom stereocenters. The number of amides is 1. The van der Waals surface area contributed by atoms with Crippen LogP contribution in [0.5, 0.6) is 0 Å². The summed E-state index contributed by atoms with van der Waals surface area (Å²) in [5, 5.41) is 14.1. The van der Waals surface area contributed by atoms with Crippen LogP contribution in [0.3, 0.4) is 0 Å². The summed E-state index contributed by atoms with van der Waals surface area (Å²) >= 11 is 0. The molecule has 108 valence electrons. The SMILES string of the molecule is O=C1C(NC2CC2)CCCN1CC1(O)CCCCC1. The zero-order valence-corrected chi connectivity index (χ0v) is 11.7. The van der Waals surface area contributed by atoms with Gasteiger partial charge in [-0.25, -0.2) is 0 Å². The lowest BCUT2D eigenvalue weighted by Crippen LogP contribution is -2.55. The van der Waals surface area contributed by atoms with Gasteiger partial charge in [-0.1, -0.05) is 19.3 Å². The molecule has 1 saturated heterocycles. The van der Waals surface area contributed by atoms with E-state index in [0.29, 0.717) is 12.6 Å². The third-order valence-corrected chi connectivity index (χ3v) is 4.81. The Bertz CT molecular complexity index is 335. The average molecular weight is 266 g/mol. The Balaban J connectivity index is 1.57. The highest BCUT2D eigenvalue weighted by Crippen LogP contribution is 2.30. The van der Waals surface area contributed by atoms with Gasteiger partial charge in [-0.15, -0.1) is 0 Å². The first kappa shape index (κ1) is 13.4. The van der Waals surface area contributed by atoms with E-state index in [4.69, 9.17) is 0 Å². The van der Waals surface area contributed by atoms with Crippen molar-refractivity contribution in [1.82, 2.24) is 10.2 Å². The molecule has 0 bridgehead atoms. The van der Waals surface area contributed by atoms with Crippen molar-refractivity contribution in [1.29, 1.82) is 0 Å². The molecule has 3 fully saturated rings. The average Bonchev–Trinajstić information content (AvgIpc) is 3.19. The van der Waals surface area contributed by atoms with Crippen molar-refractivity contribution in [3.05, 3.63) is 0 Å². The lowest BCUT2D eigenvalue weighted by Gasteiger charge is -2.40. The smallest absolute Gasteiger partial charge is 0.239 e. The van der Waals surface area contributed by atoms with Gasteiger partial charge in [0.05, 0.1) is 11.6 Å². The lowest BCUT2D eigenvalue weighted by atomic mass is 9.84. The normalized spacial score (nSPS) is 31.5. The zero-order valence-electron chi connectivity index (χ0n) is 11.7. The molecule has 1 aliphatic heterocycles. The maximum atomic E-state index is 12.5. The molecular weight excluding hydrogens is 240 g/mol. The number of β-amino-alcohol motifs (C(OH)–C–C–N with tert-alkyl or cyclic N) is 1. The molecule has 4 heteroatoms. The summed E-state index contributed by atoms with van der Waals surface area (Å²) in [5.74, 6) is 0.220. The fraction of sp³-hybridized carbons (Fsp3) is 0.933. The number of hydrogen-bond donors (Lipinski definition) is 2. The van der Waals surface area contributed by atoms with Crippen LogP contribution in [0, 0.1) is 0 Å². The molecular formula is C15H26N2O2. The van der Waals surface area contributed by atoms with E-state index in [0.717, 1.165) is 45.1 Å². The number of nitrogens with zero attached hydrogens (tertiary/aromatic N) is 1. The predicted octanol–water partition coefficient (Wildman–Crippen LogP) is 1.42. The Labute approximate surface area is 115 Å². The Morgan fingerprint density at radius 2 is 1.89 bits per heavy atom. The van der Waals surface area contributed by atoms with Gasteiger partial charge in [-0.2, -0.15) is 0 Å². The number of carbonyl (C=O) groups is 1. The van der Waals surface area contributed by atoms with Gasteiger partial charge in [0.25, 0.3) is 0 Å². The van der Waals surface area contributed by atoms with Crippen molar-refractivity contribution in [2.45, 2.75) is 75.5 Å². The van der Waals surface area contributed by atoms with Crippen molar-refractivity contribution in [3.63, 3.8) is 0 Å². The van der Waals surface area contributed by atoms with Gasteiger partial charge in [0, 0.05) is 19.1 Å². The van der Waals surface area contributed by atoms with E-state index in [1.807, 2.05) is 4.90 Å². The highest BCUT2D eigenvalue weighted by Gasteiger charge is 2.38. The summed E-state index contributed by atoms with van der Waals surface area (Å²) in [6.07, 6.45) is 9.60. The van der Waals surface area contributed by atoms with E-state index in [-0.39, 0.29) is 11.9 Å². The third kappa shape index (κ3) is 3.29. The zero-order chi connectivity index (χ0) is 13.3. The Hall–Kier alpha value is -0.610. The number of rotatable bonds is 4. The van der Waals surface area contributed by atoms with E-state index in [2.05, 4.69) is 5.32 Å². The van der Waals surface area contributed by atoms with Crippen LogP contribution in [0.25, 0.3) is 0 Å². The molecule has 0 aromatic heterocycles.